The van der Waals surface area contributed by atoms with Crippen molar-refractivity contribution in [1.29, 1.82) is 0 Å². The Morgan fingerprint density at radius 3 is 2.72 bits per heavy atom. The Balaban J connectivity index is 2.35. The van der Waals surface area contributed by atoms with E-state index in [1.54, 1.807) is 0 Å². The molecule has 1 atom stereocenters. The van der Waals surface area contributed by atoms with Crippen molar-refractivity contribution in [3.63, 3.8) is 0 Å². The lowest BCUT2D eigenvalue weighted by atomic mass is 10.2. The fraction of sp³-hybridized carbons (Fsp3) is 0.600. The van der Waals surface area contributed by atoms with E-state index in [0.717, 1.165) is 24.2 Å². The first kappa shape index (κ1) is 13.4. The van der Waals surface area contributed by atoms with Gasteiger partial charge < -0.3 is 5.11 Å². The zero-order valence-corrected chi connectivity index (χ0v) is 11.7. The second-order valence-electron chi connectivity index (χ2n) is 4.39. The molecule has 0 spiro atoms. The Morgan fingerprint density at radius 2 is 2.22 bits per heavy atom. The number of aromatic nitrogens is 1. The van der Waals surface area contributed by atoms with Crippen LogP contribution >= 0.6 is 11.3 Å². The van der Waals surface area contributed by atoms with Crippen LogP contribution in [0.1, 0.15) is 30.3 Å². The number of sulfonamides is 1. The average molecular weight is 290 g/mol. The molecule has 1 heterocycles. The van der Waals surface area contributed by atoms with E-state index in [4.69, 9.17) is 5.11 Å². The normalized spacial score (nSPS) is 17.9. The lowest BCUT2D eigenvalue weighted by Gasteiger charge is -2.23. The quantitative estimate of drug-likeness (QED) is 0.882. The lowest BCUT2D eigenvalue weighted by molar-refractivity contribution is 0.0687. The molecular weight excluding hydrogens is 276 g/mol. The zero-order valence-electron chi connectivity index (χ0n) is 10.0. The Morgan fingerprint density at radius 1 is 1.61 bits per heavy atom. The van der Waals surface area contributed by atoms with E-state index in [0.29, 0.717) is 5.92 Å². The standard InChI is InChI=1S/C10H14N2O4S2/c1-6(7-3-4-7)12(2)18(15,16)10-8(9(13)14)11-5-17-10/h5-7H,3-4H2,1-2H3,(H,13,14). The van der Waals surface area contributed by atoms with Gasteiger partial charge in [-0.1, -0.05) is 0 Å². The molecule has 0 bridgehead atoms. The fourth-order valence-corrected chi connectivity index (χ4v) is 4.52. The summed E-state index contributed by atoms with van der Waals surface area (Å²) >= 11 is 0.841. The van der Waals surface area contributed by atoms with Crippen molar-refractivity contribution >= 4 is 27.3 Å². The van der Waals surface area contributed by atoms with Crippen LogP contribution in [0.2, 0.25) is 0 Å². The number of hydrogen-bond acceptors (Lipinski definition) is 5. The third kappa shape index (κ3) is 2.27. The number of carboxylic acid groups (broad SMARTS) is 1. The third-order valence-corrected chi connectivity index (χ3v) is 6.52. The highest BCUT2D eigenvalue weighted by Gasteiger charge is 2.38. The average Bonchev–Trinajstić information content (AvgIpc) is 3.02. The highest BCUT2D eigenvalue weighted by atomic mass is 32.2. The van der Waals surface area contributed by atoms with Crippen molar-refractivity contribution in [2.24, 2.45) is 5.92 Å². The number of hydrogen-bond donors (Lipinski definition) is 1. The minimum absolute atomic E-state index is 0.112. The maximum Gasteiger partial charge on any atom is 0.356 e. The van der Waals surface area contributed by atoms with E-state index in [1.165, 1.54) is 16.9 Å². The van der Waals surface area contributed by atoms with Crippen molar-refractivity contribution in [3.8, 4) is 0 Å². The van der Waals surface area contributed by atoms with Crippen LogP contribution in [0.5, 0.6) is 0 Å². The maximum atomic E-state index is 12.3. The molecular formula is C10H14N2O4S2. The van der Waals surface area contributed by atoms with Gasteiger partial charge >= 0.3 is 5.97 Å². The van der Waals surface area contributed by atoms with Crippen LogP contribution in [0.15, 0.2) is 9.72 Å². The van der Waals surface area contributed by atoms with Gasteiger partial charge in [-0.25, -0.2) is 18.2 Å². The molecule has 0 radical (unpaired) electrons. The molecule has 1 N–H and O–H groups in total. The lowest BCUT2D eigenvalue weighted by Crippen LogP contribution is -2.36. The number of nitrogens with zero attached hydrogens (tertiary/aromatic N) is 2. The SMILES string of the molecule is CC(C1CC1)N(C)S(=O)(=O)c1scnc1C(=O)O. The zero-order chi connectivity index (χ0) is 13.5. The van der Waals surface area contributed by atoms with E-state index in [1.807, 2.05) is 6.92 Å². The summed E-state index contributed by atoms with van der Waals surface area (Å²) in [6.45, 7) is 1.84. The predicted molar refractivity (Wildman–Crippen MR) is 66.2 cm³/mol. The molecule has 0 aliphatic heterocycles. The van der Waals surface area contributed by atoms with Crippen LogP contribution in [0.4, 0.5) is 0 Å². The molecule has 0 amide bonds. The Labute approximate surface area is 109 Å². The highest BCUT2D eigenvalue weighted by Crippen LogP contribution is 2.37. The third-order valence-electron chi connectivity index (χ3n) is 3.23. The van der Waals surface area contributed by atoms with E-state index < -0.39 is 21.7 Å². The van der Waals surface area contributed by atoms with Crippen LogP contribution in [-0.2, 0) is 10.0 Å². The number of carboxylic acids is 1. The van der Waals surface area contributed by atoms with Gasteiger partial charge in [0.2, 0.25) is 0 Å². The molecule has 1 aliphatic rings. The van der Waals surface area contributed by atoms with Gasteiger partial charge in [-0.2, -0.15) is 4.31 Å². The number of carbonyl (C=O) groups is 1. The van der Waals surface area contributed by atoms with Gasteiger partial charge in [-0.15, -0.1) is 11.3 Å². The van der Waals surface area contributed by atoms with Gasteiger partial charge in [0, 0.05) is 13.1 Å². The first-order chi connectivity index (χ1) is 8.35. The first-order valence-corrected chi connectivity index (χ1v) is 7.82. The number of aromatic carboxylic acids is 1. The molecule has 1 saturated carbocycles. The number of thiazole rings is 1. The Kier molecular flexibility index (Phi) is 3.43. The Hall–Kier alpha value is -0.990. The van der Waals surface area contributed by atoms with Crippen molar-refractivity contribution in [1.82, 2.24) is 9.29 Å². The van der Waals surface area contributed by atoms with Gasteiger partial charge in [0.15, 0.2) is 9.90 Å². The molecule has 1 fully saturated rings. The maximum absolute atomic E-state index is 12.3. The summed E-state index contributed by atoms with van der Waals surface area (Å²) in [6.07, 6.45) is 2.05. The van der Waals surface area contributed by atoms with E-state index in [-0.39, 0.29) is 10.3 Å². The fourth-order valence-electron chi connectivity index (χ4n) is 1.79. The summed E-state index contributed by atoms with van der Waals surface area (Å²) in [6, 6.07) is -0.112. The highest BCUT2D eigenvalue weighted by molar-refractivity contribution is 7.91. The van der Waals surface area contributed by atoms with Crippen LogP contribution in [0.25, 0.3) is 0 Å². The monoisotopic (exact) mass is 290 g/mol. The molecule has 2 rings (SSSR count). The molecule has 1 aliphatic carbocycles. The van der Waals surface area contributed by atoms with Crippen molar-refractivity contribution in [3.05, 3.63) is 11.2 Å². The van der Waals surface area contributed by atoms with E-state index in [9.17, 15) is 13.2 Å². The molecule has 18 heavy (non-hydrogen) atoms. The molecule has 100 valence electrons. The molecule has 6 nitrogen and oxygen atoms in total. The first-order valence-electron chi connectivity index (χ1n) is 5.50. The summed E-state index contributed by atoms with van der Waals surface area (Å²) in [5.74, 6) is -0.937. The summed E-state index contributed by atoms with van der Waals surface area (Å²) in [5.41, 5.74) is 0.848. The van der Waals surface area contributed by atoms with Gasteiger partial charge in [-0.3, -0.25) is 0 Å². The van der Waals surface area contributed by atoms with Crippen LogP contribution in [0.3, 0.4) is 0 Å². The van der Waals surface area contributed by atoms with E-state index >= 15 is 0 Å². The molecule has 1 aromatic heterocycles. The van der Waals surface area contributed by atoms with Crippen LogP contribution in [-0.4, -0.2) is 41.9 Å². The largest absolute Gasteiger partial charge is 0.476 e. The smallest absolute Gasteiger partial charge is 0.356 e. The van der Waals surface area contributed by atoms with Gasteiger partial charge in [0.25, 0.3) is 10.0 Å². The minimum atomic E-state index is -3.77. The van der Waals surface area contributed by atoms with Crippen LogP contribution < -0.4 is 0 Å². The van der Waals surface area contributed by atoms with Crippen molar-refractivity contribution in [2.45, 2.75) is 30.0 Å². The van der Waals surface area contributed by atoms with Gasteiger partial charge in [0.1, 0.15) is 0 Å². The molecule has 8 heteroatoms. The topological polar surface area (TPSA) is 87.6 Å². The van der Waals surface area contributed by atoms with Gasteiger partial charge in [-0.05, 0) is 25.7 Å². The molecule has 0 aromatic carbocycles. The van der Waals surface area contributed by atoms with Crippen molar-refractivity contribution in [2.75, 3.05) is 7.05 Å². The molecule has 1 aromatic rings. The number of rotatable bonds is 5. The molecule has 0 saturated heterocycles. The predicted octanol–water partition coefficient (Wildman–Crippen LogP) is 1.26. The summed E-state index contributed by atoms with van der Waals surface area (Å²) in [4.78, 5) is 14.5. The summed E-state index contributed by atoms with van der Waals surface area (Å²) in [7, 11) is -2.28. The Bertz CT molecular complexity index is 562. The van der Waals surface area contributed by atoms with Gasteiger partial charge in [0.05, 0.1) is 5.51 Å². The summed E-state index contributed by atoms with van der Waals surface area (Å²) in [5, 5.41) is 8.92. The minimum Gasteiger partial charge on any atom is -0.476 e. The van der Waals surface area contributed by atoms with Crippen molar-refractivity contribution < 1.29 is 18.3 Å². The second kappa shape index (κ2) is 4.60. The van der Waals surface area contributed by atoms with E-state index in [2.05, 4.69) is 4.98 Å². The molecule has 1 unspecified atom stereocenters. The second-order valence-corrected chi connectivity index (χ2v) is 7.44. The summed E-state index contributed by atoms with van der Waals surface area (Å²) < 4.78 is 25.7. The van der Waals surface area contributed by atoms with Crippen LogP contribution in [0, 0.1) is 5.92 Å².